The van der Waals surface area contributed by atoms with Gasteiger partial charge in [0.25, 0.3) is 7.82 Å². The number of carbonyl (C=O) groups is 2. The van der Waals surface area contributed by atoms with Crippen LogP contribution in [0, 0.1) is 0 Å². The Morgan fingerprint density at radius 2 is 0.861 bits per heavy atom. The SMILES string of the molecule is CC\C=C/C=C/C=C/C=C\C=C\C=C\CCCCCC(=O)NC(COP(=O)([O-])OCC[N+](C)(C)C)C(/C=C\CCCCCCCCCCC)OC(=O)CCCCCCCCCCC/C=C\C/C=C\C/C=C\C/C=C\CCCCC. The standard InChI is InChI=1S/C69H117N2O7P/c1-7-10-13-16-19-22-25-27-29-31-32-33-34-35-36-37-38-40-42-44-47-50-53-56-59-62-69(73)78-67(60-57-54-51-48-45-24-21-18-15-12-9-3)66(65-77-79(74,75)76-64-63-71(4,5)6)70-68(72)61-58-55-52-49-46-43-41-39-30-28-26-23-20-17-14-11-8-2/h11,14,17,19-20,22-23,26-30,32-33,35-36,39,41,43,46,57,60,66-67H,7-10,12-13,15-16,18,21,24-25,31,34,37-38,40,42,44-45,47-56,58-59,61-65H2,1-6H3,(H-,70,72,74,75)/b14-11-,20-17+,22-19-,26-23+,29-27-,30-28-,33-32-,36-35-,41-39+,46-43+,60-57-. The summed E-state index contributed by atoms with van der Waals surface area (Å²) < 4.78 is 30.3. The number of unbranched alkanes of at least 4 members (excludes halogenated alkanes) is 24. The predicted octanol–water partition coefficient (Wildman–Crippen LogP) is 19.0. The first-order valence-electron chi connectivity index (χ1n) is 31.6. The fourth-order valence-corrected chi connectivity index (χ4v) is 9.08. The van der Waals surface area contributed by atoms with Crippen molar-refractivity contribution in [2.45, 2.75) is 251 Å². The highest BCUT2D eigenvalue weighted by molar-refractivity contribution is 7.45. The highest BCUT2D eigenvalue weighted by atomic mass is 31.2. The number of nitrogens with one attached hydrogen (secondary N) is 1. The molecule has 0 rings (SSSR count). The van der Waals surface area contributed by atoms with Crippen molar-refractivity contribution in [3.05, 3.63) is 134 Å². The fraction of sp³-hybridized carbons (Fsp3) is 0.652. The van der Waals surface area contributed by atoms with Gasteiger partial charge in [-0.2, -0.15) is 0 Å². The highest BCUT2D eigenvalue weighted by Crippen LogP contribution is 2.38. The number of phosphoric acid groups is 1. The van der Waals surface area contributed by atoms with Gasteiger partial charge < -0.3 is 28.5 Å². The molecule has 0 aromatic carbocycles. The summed E-state index contributed by atoms with van der Waals surface area (Å²) in [6.45, 7) is 6.60. The van der Waals surface area contributed by atoms with Crippen LogP contribution in [0.15, 0.2) is 134 Å². The van der Waals surface area contributed by atoms with Crippen molar-refractivity contribution in [1.29, 1.82) is 0 Å². The maximum absolute atomic E-state index is 13.5. The second kappa shape index (κ2) is 57.4. The summed E-state index contributed by atoms with van der Waals surface area (Å²) in [5.74, 6) is -0.609. The van der Waals surface area contributed by atoms with E-state index in [0.29, 0.717) is 23.9 Å². The van der Waals surface area contributed by atoms with E-state index in [1.54, 1.807) is 0 Å². The summed E-state index contributed by atoms with van der Waals surface area (Å²) in [5, 5.41) is 3.00. The largest absolute Gasteiger partial charge is 0.756 e. The fourth-order valence-electron chi connectivity index (χ4n) is 8.36. The van der Waals surface area contributed by atoms with Crippen LogP contribution < -0.4 is 10.2 Å². The quantitative estimate of drug-likeness (QED) is 0.0161. The van der Waals surface area contributed by atoms with Crippen LogP contribution in [0.3, 0.4) is 0 Å². The van der Waals surface area contributed by atoms with Gasteiger partial charge in [0, 0.05) is 12.8 Å². The lowest BCUT2D eigenvalue weighted by atomic mass is 10.1. The Morgan fingerprint density at radius 1 is 0.468 bits per heavy atom. The van der Waals surface area contributed by atoms with Crippen molar-refractivity contribution < 1.29 is 37.3 Å². The van der Waals surface area contributed by atoms with E-state index in [4.69, 9.17) is 13.8 Å². The Morgan fingerprint density at radius 3 is 1.37 bits per heavy atom. The van der Waals surface area contributed by atoms with Gasteiger partial charge >= 0.3 is 5.97 Å². The molecule has 450 valence electrons. The van der Waals surface area contributed by atoms with Crippen LogP contribution in [0.2, 0.25) is 0 Å². The Bertz CT molecular complexity index is 1810. The highest BCUT2D eigenvalue weighted by Gasteiger charge is 2.27. The number of hydrogen-bond donors (Lipinski definition) is 1. The molecule has 0 aromatic rings. The van der Waals surface area contributed by atoms with E-state index in [9.17, 15) is 19.0 Å². The number of likely N-dealkylation sites (N-methyl/N-ethyl adjacent to an activating group) is 1. The van der Waals surface area contributed by atoms with Gasteiger partial charge in [-0.25, -0.2) is 0 Å². The van der Waals surface area contributed by atoms with E-state index in [0.717, 1.165) is 89.9 Å². The third-order valence-electron chi connectivity index (χ3n) is 13.2. The minimum atomic E-state index is -4.72. The van der Waals surface area contributed by atoms with Crippen LogP contribution in [0.1, 0.15) is 239 Å². The Kier molecular flexibility index (Phi) is 54.6. The van der Waals surface area contributed by atoms with E-state index in [1.165, 1.54) is 103 Å². The van der Waals surface area contributed by atoms with Crippen molar-refractivity contribution in [2.24, 2.45) is 0 Å². The molecule has 0 saturated carbocycles. The van der Waals surface area contributed by atoms with Gasteiger partial charge in [-0.3, -0.25) is 14.2 Å². The number of amides is 1. The van der Waals surface area contributed by atoms with Crippen molar-refractivity contribution >= 4 is 19.7 Å². The number of allylic oxidation sites excluding steroid dienone is 21. The van der Waals surface area contributed by atoms with Gasteiger partial charge in [-0.15, -0.1) is 0 Å². The van der Waals surface area contributed by atoms with Gasteiger partial charge in [0.1, 0.15) is 19.3 Å². The van der Waals surface area contributed by atoms with Crippen LogP contribution in [-0.4, -0.2) is 69.4 Å². The minimum absolute atomic E-state index is 0.0402. The van der Waals surface area contributed by atoms with Gasteiger partial charge in [0.2, 0.25) is 5.91 Å². The number of carbonyl (C=O) groups excluding carboxylic acids is 2. The smallest absolute Gasteiger partial charge is 0.306 e. The van der Waals surface area contributed by atoms with Crippen LogP contribution >= 0.6 is 7.82 Å². The zero-order valence-electron chi connectivity index (χ0n) is 51.3. The zero-order chi connectivity index (χ0) is 57.9. The number of phosphoric ester groups is 1. The molecule has 3 unspecified atom stereocenters. The lowest BCUT2D eigenvalue weighted by Gasteiger charge is -2.30. The zero-order valence-corrected chi connectivity index (χ0v) is 52.2. The van der Waals surface area contributed by atoms with Crippen molar-refractivity contribution in [3.8, 4) is 0 Å². The van der Waals surface area contributed by atoms with Crippen LogP contribution in [0.4, 0.5) is 0 Å². The molecule has 0 spiro atoms. The molecule has 79 heavy (non-hydrogen) atoms. The summed E-state index contributed by atoms with van der Waals surface area (Å²) in [5.41, 5.74) is 0. The molecule has 9 nitrogen and oxygen atoms in total. The first-order valence-corrected chi connectivity index (χ1v) is 33.0. The Balaban J connectivity index is 5.24. The van der Waals surface area contributed by atoms with E-state index in [1.807, 2.05) is 94.1 Å². The third-order valence-corrected chi connectivity index (χ3v) is 14.2. The number of rotatable bonds is 55. The van der Waals surface area contributed by atoms with Crippen molar-refractivity contribution in [2.75, 3.05) is 40.9 Å². The van der Waals surface area contributed by atoms with Gasteiger partial charge in [-0.05, 0) is 96.0 Å². The molecule has 0 saturated heterocycles. The topological polar surface area (TPSA) is 114 Å². The van der Waals surface area contributed by atoms with Crippen LogP contribution in [-0.2, 0) is 27.9 Å². The summed E-state index contributed by atoms with van der Waals surface area (Å²) in [6.07, 6.45) is 81.4. The minimum Gasteiger partial charge on any atom is -0.756 e. The van der Waals surface area contributed by atoms with Crippen molar-refractivity contribution in [1.82, 2.24) is 5.32 Å². The molecule has 0 aliphatic carbocycles. The van der Waals surface area contributed by atoms with Gasteiger partial charge in [0.05, 0.1) is 33.8 Å². The summed E-state index contributed by atoms with van der Waals surface area (Å²) in [7, 11) is 1.13. The van der Waals surface area contributed by atoms with Gasteiger partial charge in [0.15, 0.2) is 0 Å². The third kappa shape index (κ3) is 58.6. The van der Waals surface area contributed by atoms with Gasteiger partial charge in [-0.1, -0.05) is 264 Å². The Hall–Kier alpha value is -3.85. The molecule has 0 radical (unpaired) electrons. The maximum Gasteiger partial charge on any atom is 0.306 e. The maximum atomic E-state index is 13.5. The van der Waals surface area contributed by atoms with Crippen LogP contribution in [0.5, 0.6) is 0 Å². The predicted molar refractivity (Wildman–Crippen MR) is 339 cm³/mol. The molecule has 0 aromatic heterocycles. The number of nitrogens with zero attached hydrogens (tertiary/aromatic N) is 1. The summed E-state index contributed by atoms with van der Waals surface area (Å²) in [4.78, 5) is 40.0. The Labute approximate surface area is 485 Å². The molecule has 0 aliphatic rings. The molecule has 0 bridgehead atoms. The molecule has 3 atom stereocenters. The molecule has 0 heterocycles. The summed E-state index contributed by atoms with van der Waals surface area (Å²) in [6, 6.07) is -0.924. The van der Waals surface area contributed by atoms with E-state index < -0.39 is 26.6 Å². The number of ether oxygens (including phenoxy) is 1. The lowest BCUT2D eigenvalue weighted by Crippen LogP contribution is -2.47. The monoisotopic (exact) mass is 1120 g/mol. The van der Waals surface area contributed by atoms with E-state index in [-0.39, 0.29) is 31.3 Å². The molecular formula is C69H117N2O7P. The van der Waals surface area contributed by atoms with E-state index in [2.05, 4.69) is 86.8 Å². The molecule has 0 aliphatic heterocycles. The van der Waals surface area contributed by atoms with Crippen LogP contribution in [0.25, 0.3) is 0 Å². The number of hydrogen-bond acceptors (Lipinski definition) is 7. The number of esters is 1. The van der Waals surface area contributed by atoms with Crippen molar-refractivity contribution in [3.63, 3.8) is 0 Å². The summed E-state index contributed by atoms with van der Waals surface area (Å²) >= 11 is 0. The molecule has 1 N–H and O–H groups in total. The molecule has 10 heteroatoms. The first-order chi connectivity index (χ1) is 38.4. The average Bonchev–Trinajstić information content (AvgIpc) is 3.41. The molecule has 0 fully saturated rings. The average molecular weight is 1120 g/mol. The van der Waals surface area contributed by atoms with E-state index >= 15 is 0 Å². The normalized spacial score (nSPS) is 14.6. The molecule has 1 amide bonds. The molecular weight excluding hydrogens is 1000 g/mol. The lowest BCUT2D eigenvalue weighted by molar-refractivity contribution is -0.870. The number of quaternary nitrogens is 1. The second-order valence-corrected chi connectivity index (χ2v) is 23.4. The second-order valence-electron chi connectivity index (χ2n) is 22.0. The first kappa shape index (κ1) is 75.2.